The van der Waals surface area contributed by atoms with Gasteiger partial charge in [-0.3, -0.25) is 4.79 Å². The van der Waals surface area contributed by atoms with Gasteiger partial charge in [0.05, 0.1) is 6.42 Å². The Kier molecular flexibility index (Phi) is 7.05. The molecule has 3 N–H and O–H groups in total. The standard InChI is InChI=1S/C15H20F2N2O.ClH/c16-12-5-6-13(17)11(7-12)8-15(20)19-14-4-2-1-3-10(14)9-18;/h5-7,10,14H,1-4,8-9,18H2,(H,19,20);1H. The first-order chi connectivity index (χ1) is 9.60. The van der Waals surface area contributed by atoms with Crippen LogP contribution < -0.4 is 11.1 Å². The molecule has 2 unspecified atom stereocenters. The largest absolute Gasteiger partial charge is 0.353 e. The van der Waals surface area contributed by atoms with Crippen LogP contribution in [0.4, 0.5) is 8.78 Å². The van der Waals surface area contributed by atoms with E-state index >= 15 is 0 Å². The van der Waals surface area contributed by atoms with Crippen LogP contribution in [0.1, 0.15) is 31.2 Å². The van der Waals surface area contributed by atoms with Crippen molar-refractivity contribution in [2.45, 2.75) is 38.1 Å². The lowest BCUT2D eigenvalue weighted by Gasteiger charge is -2.31. The van der Waals surface area contributed by atoms with E-state index in [9.17, 15) is 13.6 Å². The highest BCUT2D eigenvalue weighted by Crippen LogP contribution is 2.23. The van der Waals surface area contributed by atoms with Crippen molar-refractivity contribution < 1.29 is 13.6 Å². The van der Waals surface area contributed by atoms with Crippen LogP contribution in [-0.2, 0) is 11.2 Å². The molecule has 1 aromatic rings. The Morgan fingerprint density at radius 2 is 2.00 bits per heavy atom. The van der Waals surface area contributed by atoms with Crippen LogP contribution in [0.25, 0.3) is 0 Å². The van der Waals surface area contributed by atoms with E-state index in [1.807, 2.05) is 0 Å². The van der Waals surface area contributed by atoms with Gasteiger partial charge in [0.2, 0.25) is 5.91 Å². The number of carbonyl (C=O) groups is 1. The van der Waals surface area contributed by atoms with Crippen molar-refractivity contribution in [1.82, 2.24) is 5.32 Å². The highest BCUT2D eigenvalue weighted by molar-refractivity contribution is 5.85. The minimum atomic E-state index is -0.555. The normalized spacial score (nSPS) is 21.5. The molecule has 1 fully saturated rings. The van der Waals surface area contributed by atoms with Gasteiger partial charge in [0.25, 0.3) is 0 Å². The number of rotatable bonds is 4. The predicted octanol–water partition coefficient (Wildman–Crippen LogP) is 2.56. The first kappa shape index (κ1) is 17.9. The lowest BCUT2D eigenvalue weighted by Crippen LogP contribution is -2.45. The van der Waals surface area contributed by atoms with Crippen molar-refractivity contribution in [3.8, 4) is 0 Å². The fourth-order valence-corrected chi connectivity index (χ4v) is 2.79. The van der Waals surface area contributed by atoms with Gasteiger partial charge in [-0.2, -0.15) is 0 Å². The van der Waals surface area contributed by atoms with Gasteiger partial charge in [0.1, 0.15) is 11.6 Å². The zero-order chi connectivity index (χ0) is 14.5. The Morgan fingerprint density at radius 1 is 1.29 bits per heavy atom. The quantitative estimate of drug-likeness (QED) is 0.896. The number of hydrogen-bond acceptors (Lipinski definition) is 2. The Bertz CT molecular complexity index is 485. The number of nitrogens with one attached hydrogen (secondary N) is 1. The van der Waals surface area contributed by atoms with Crippen LogP contribution in [0.15, 0.2) is 18.2 Å². The summed E-state index contributed by atoms with van der Waals surface area (Å²) in [4.78, 5) is 12.0. The monoisotopic (exact) mass is 318 g/mol. The summed E-state index contributed by atoms with van der Waals surface area (Å²) in [7, 11) is 0. The van der Waals surface area contributed by atoms with Gasteiger partial charge in [0, 0.05) is 11.6 Å². The molecule has 1 amide bonds. The summed E-state index contributed by atoms with van der Waals surface area (Å²) < 4.78 is 26.5. The van der Waals surface area contributed by atoms with Crippen LogP contribution in [-0.4, -0.2) is 18.5 Å². The van der Waals surface area contributed by atoms with Crippen molar-refractivity contribution in [1.29, 1.82) is 0 Å². The van der Waals surface area contributed by atoms with E-state index < -0.39 is 11.6 Å². The first-order valence-electron chi connectivity index (χ1n) is 7.03. The van der Waals surface area contributed by atoms with Crippen LogP contribution >= 0.6 is 12.4 Å². The molecular weight excluding hydrogens is 298 g/mol. The number of hydrogen-bond donors (Lipinski definition) is 2. The molecule has 1 aliphatic rings. The molecule has 0 heterocycles. The third-order valence-corrected chi connectivity index (χ3v) is 3.92. The number of nitrogens with two attached hydrogens (primary N) is 1. The minimum absolute atomic E-state index is 0. The first-order valence-corrected chi connectivity index (χ1v) is 7.03. The Morgan fingerprint density at radius 3 is 2.71 bits per heavy atom. The van der Waals surface area contributed by atoms with E-state index in [1.54, 1.807) is 0 Å². The number of halogens is 3. The Hall–Kier alpha value is -1.20. The molecular formula is C15H21ClF2N2O. The maximum absolute atomic E-state index is 13.5. The average molecular weight is 319 g/mol. The van der Waals surface area contributed by atoms with Crippen molar-refractivity contribution in [3.63, 3.8) is 0 Å². The molecule has 1 saturated carbocycles. The summed E-state index contributed by atoms with van der Waals surface area (Å²) in [5.41, 5.74) is 5.79. The van der Waals surface area contributed by atoms with Crippen molar-refractivity contribution in [2.75, 3.05) is 6.54 Å². The predicted molar refractivity (Wildman–Crippen MR) is 80.3 cm³/mol. The van der Waals surface area contributed by atoms with E-state index in [2.05, 4.69) is 5.32 Å². The summed E-state index contributed by atoms with van der Waals surface area (Å²) in [6.07, 6.45) is 3.97. The van der Waals surface area contributed by atoms with Gasteiger partial charge in [-0.05, 0) is 43.5 Å². The fraction of sp³-hybridized carbons (Fsp3) is 0.533. The second-order valence-electron chi connectivity index (χ2n) is 5.37. The molecule has 0 bridgehead atoms. The molecule has 2 atom stereocenters. The van der Waals surface area contributed by atoms with Gasteiger partial charge in [-0.25, -0.2) is 8.78 Å². The topological polar surface area (TPSA) is 55.1 Å². The highest BCUT2D eigenvalue weighted by atomic mass is 35.5. The zero-order valence-corrected chi connectivity index (χ0v) is 12.6. The maximum atomic E-state index is 13.5. The molecule has 118 valence electrons. The van der Waals surface area contributed by atoms with Crippen LogP contribution in [0.2, 0.25) is 0 Å². The maximum Gasteiger partial charge on any atom is 0.224 e. The van der Waals surface area contributed by atoms with Gasteiger partial charge in [0.15, 0.2) is 0 Å². The molecule has 0 saturated heterocycles. The second kappa shape index (κ2) is 8.29. The third-order valence-electron chi connectivity index (χ3n) is 3.92. The third kappa shape index (κ3) is 4.93. The second-order valence-corrected chi connectivity index (χ2v) is 5.37. The average Bonchev–Trinajstić information content (AvgIpc) is 2.43. The molecule has 3 nitrogen and oxygen atoms in total. The zero-order valence-electron chi connectivity index (χ0n) is 11.8. The fourth-order valence-electron chi connectivity index (χ4n) is 2.79. The SMILES string of the molecule is Cl.NCC1CCCCC1NC(=O)Cc1cc(F)ccc1F. The van der Waals surface area contributed by atoms with Crippen LogP contribution in [0.5, 0.6) is 0 Å². The molecule has 1 aromatic carbocycles. The lowest BCUT2D eigenvalue weighted by molar-refractivity contribution is -0.121. The van der Waals surface area contributed by atoms with E-state index in [0.717, 1.165) is 43.9 Å². The highest BCUT2D eigenvalue weighted by Gasteiger charge is 2.25. The summed E-state index contributed by atoms with van der Waals surface area (Å²) in [5.74, 6) is -1.09. The number of benzene rings is 1. The molecule has 0 radical (unpaired) electrons. The summed E-state index contributed by atoms with van der Waals surface area (Å²) in [5, 5.41) is 2.91. The summed E-state index contributed by atoms with van der Waals surface area (Å²) in [6, 6.07) is 3.21. The summed E-state index contributed by atoms with van der Waals surface area (Å²) in [6.45, 7) is 0.541. The van der Waals surface area contributed by atoms with E-state index in [-0.39, 0.29) is 42.3 Å². The van der Waals surface area contributed by atoms with Crippen LogP contribution in [0, 0.1) is 17.6 Å². The Labute approximate surface area is 129 Å². The van der Waals surface area contributed by atoms with E-state index in [4.69, 9.17) is 5.73 Å². The van der Waals surface area contributed by atoms with E-state index in [1.165, 1.54) is 0 Å². The number of carbonyl (C=O) groups excluding carboxylic acids is 1. The van der Waals surface area contributed by atoms with Gasteiger partial charge >= 0.3 is 0 Å². The molecule has 21 heavy (non-hydrogen) atoms. The summed E-state index contributed by atoms with van der Waals surface area (Å²) >= 11 is 0. The molecule has 0 aromatic heterocycles. The van der Waals surface area contributed by atoms with Gasteiger partial charge in [-0.1, -0.05) is 12.8 Å². The lowest BCUT2D eigenvalue weighted by atomic mass is 9.84. The van der Waals surface area contributed by atoms with E-state index in [0.29, 0.717) is 6.54 Å². The Balaban J connectivity index is 0.00000220. The minimum Gasteiger partial charge on any atom is -0.353 e. The van der Waals surface area contributed by atoms with Crippen molar-refractivity contribution in [3.05, 3.63) is 35.4 Å². The molecule has 6 heteroatoms. The molecule has 0 spiro atoms. The van der Waals surface area contributed by atoms with Gasteiger partial charge in [-0.15, -0.1) is 12.4 Å². The smallest absolute Gasteiger partial charge is 0.224 e. The van der Waals surface area contributed by atoms with Crippen molar-refractivity contribution in [2.24, 2.45) is 11.7 Å². The van der Waals surface area contributed by atoms with Crippen LogP contribution in [0.3, 0.4) is 0 Å². The number of amides is 1. The molecule has 0 aliphatic heterocycles. The van der Waals surface area contributed by atoms with Gasteiger partial charge < -0.3 is 11.1 Å². The molecule has 2 rings (SSSR count). The molecule has 1 aliphatic carbocycles. The van der Waals surface area contributed by atoms with Crippen molar-refractivity contribution >= 4 is 18.3 Å².